The Kier molecular flexibility index (Phi) is 10.8. The fraction of sp³-hybridized carbons (Fsp3) is 0.854. The number of carbonyl (C=O) groups excluding carboxylic acids is 1. The van der Waals surface area contributed by atoms with Crippen molar-refractivity contribution in [2.24, 2.45) is 44.8 Å². The summed E-state index contributed by atoms with van der Waals surface area (Å²) in [6.45, 7) is 13.0. The van der Waals surface area contributed by atoms with Crippen molar-refractivity contribution in [2.45, 2.75) is 153 Å². The van der Waals surface area contributed by atoms with E-state index >= 15 is 0 Å². The summed E-state index contributed by atoms with van der Waals surface area (Å²) in [7, 11) is 1.07. The van der Waals surface area contributed by atoms with Crippen LogP contribution in [-0.4, -0.2) is 129 Å². The molecule has 4 saturated carbocycles. The standard InChI is InChI=1S/C41H62O14/c1-20-9-14-41(36(49)50)16-15-39(4)21(22(41)17-20)7-8-25-37(2)12-11-26(38(3,19-42)24(37)10-13-40(25,39)5)53-34-30(47)31(23(43)18-52-34)54-35-29(46)27(44)28(45)32(55-35)33(48)51-6/h7,22-32,34-35,42-47H,1,8-19H2,2-6H3,(H,49,50)/t22-,23+,24+,25+,26-,27-,28-,29+,30+,31-,32-,34-,35+,37-,38-,39+,40+,41-/m1/s1. The number of carboxylic acids is 1. The predicted molar refractivity (Wildman–Crippen MR) is 194 cm³/mol. The van der Waals surface area contributed by atoms with Gasteiger partial charge in [-0.25, -0.2) is 4.79 Å². The molecule has 7 rings (SSSR count). The second kappa shape index (κ2) is 14.4. The minimum atomic E-state index is -1.85. The molecule has 14 heteroatoms. The van der Waals surface area contributed by atoms with Gasteiger partial charge < -0.3 is 59.4 Å². The molecule has 6 fully saturated rings. The predicted octanol–water partition coefficient (Wildman–Crippen LogP) is 2.20. The van der Waals surface area contributed by atoms with Crippen LogP contribution in [-0.2, 0) is 33.3 Å². The van der Waals surface area contributed by atoms with Gasteiger partial charge in [-0.3, -0.25) is 4.79 Å². The number of allylic oxidation sites excluding steroid dienone is 3. The Bertz CT molecular complexity index is 1550. The van der Waals surface area contributed by atoms with Gasteiger partial charge in [-0.2, -0.15) is 0 Å². The first-order chi connectivity index (χ1) is 25.8. The van der Waals surface area contributed by atoms with E-state index < -0.39 is 84.2 Å². The number of aliphatic hydroxyl groups excluding tert-OH is 6. The normalized spacial score (nSPS) is 52.5. The summed E-state index contributed by atoms with van der Waals surface area (Å²) in [5, 5.41) is 75.5. The smallest absolute Gasteiger partial charge is 0.337 e. The van der Waals surface area contributed by atoms with E-state index in [1.54, 1.807) is 0 Å². The highest BCUT2D eigenvalue weighted by Gasteiger charge is 2.69. The second-order valence-corrected chi connectivity index (χ2v) is 18.9. The SMILES string of the molecule is C=C1CC[C@@]2(C(=O)O)CC[C@@]3(C)C(=CC[C@H]4[C@]5(C)CC[C@@H](O[C@H]6OC[C@H](O)[C@@H](O[C@H]7O[C@@H](C(=O)OC)[C@H](O)[C@@H](O)[C@@H]7O)[C@@H]6O)[C@](C)(CO)[C@H]5CC[C@@]43C)[C@H]2C1. The van der Waals surface area contributed by atoms with E-state index in [0.717, 1.165) is 57.6 Å². The third-order valence-electron chi connectivity index (χ3n) is 16.6. The lowest BCUT2D eigenvalue weighted by atomic mass is 9.34. The first-order valence-electron chi connectivity index (χ1n) is 20.1. The third kappa shape index (κ3) is 6.02. The van der Waals surface area contributed by atoms with Crippen LogP contribution in [0.1, 0.15) is 91.9 Å². The van der Waals surface area contributed by atoms with Crippen molar-refractivity contribution in [2.75, 3.05) is 20.3 Å². The Morgan fingerprint density at radius 3 is 2.29 bits per heavy atom. The minimum Gasteiger partial charge on any atom is -0.481 e. The van der Waals surface area contributed by atoms with Gasteiger partial charge in [0.15, 0.2) is 18.7 Å². The maximum Gasteiger partial charge on any atom is 0.337 e. The van der Waals surface area contributed by atoms with Crippen molar-refractivity contribution in [3.05, 3.63) is 23.8 Å². The zero-order valence-electron chi connectivity index (χ0n) is 32.8. The molecule has 0 aromatic rings. The Morgan fingerprint density at radius 2 is 1.62 bits per heavy atom. The highest BCUT2D eigenvalue weighted by atomic mass is 16.7. The van der Waals surface area contributed by atoms with Gasteiger partial charge in [0, 0.05) is 11.3 Å². The Morgan fingerprint density at radius 1 is 0.891 bits per heavy atom. The molecular formula is C41H62O14. The van der Waals surface area contributed by atoms with Crippen LogP contribution in [0.4, 0.5) is 0 Å². The van der Waals surface area contributed by atoms with Crippen molar-refractivity contribution in [3.63, 3.8) is 0 Å². The van der Waals surface area contributed by atoms with Gasteiger partial charge in [-0.15, -0.1) is 0 Å². The van der Waals surface area contributed by atoms with Crippen LogP contribution in [0.5, 0.6) is 0 Å². The van der Waals surface area contributed by atoms with Gasteiger partial charge in [0.25, 0.3) is 0 Å². The van der Waals surface area contributed by atoms with Crippen LogP contribution in [0, 0.1) is 44.8 Å². The van der Waals surface area contributed by atoms with Crippen LogP contribution in [0.3, 0.4) is 0 Å². The van der Waals surface area contributed by atoms with Gasteiger partial charge in [0.2, 0.25) is 0 Å². The first kappa shape index (κ1) is 41.2. The van der Waals surface area contributed by atoms with E-state index in [1.807, 2.05) is 6.92 Å². The van der Waals surface area contributed by atoms with Crippen LogP contribution in [0.15, 0.2) is 23.8 Å². The average Bonchev–Trinajstić information content (AvgIpc) is 3.15. The molecule has 0 aromatic carbocycles. The summed E-state index contributed by atoms with van der Waals surface area (Å²) < 4.78 is 28.2. The molecule has 0 aromatic heterocycles. The van der Waals surface area contributed by atoms with Gasteiger partial charge in [-0.1, -0.05) is 51.5 Å². The number of fused-ring (bicyclic) bond motifs is 7. The molecule has 5 aliphatic carbocycles. The first-order valence-corrected chi connectivity index (χ1v) is 20.1. The number of ether oxygens (including phenoxy) is 5. The molecule has 0 bridgehead atoms. The van der Waals surface area contributed by atoms with Gasteiger partial charge in [-0.05, 0) is 92.3 Å². The fourth-order valence-corrected chi connectivity index (χ4v) is 13.1. The number of carbonyl (C=O) groups is 2. The Hall–Kier alpha value is -1.98. The molecule has 18 atom stereocenters. The Balaban J connectivity index is 1.10. The summed E-state index contributed by atoms with van der Waals surface area (Å²) >= 11 is 0. The van der Waals surface area contributed by atoms with Crippen molar-refractivity contribution < 1.29 is 69.0 Å². The number of hydrogen-bond acceptors (Lipinski definition) is 13. The summed E-state index contributed by atoms with van der Waals surface area (Å²) in [6, 6.07) is 0. The second-order valence-electron chi connectivity index (χ2n) is 18.9. The Labute approximate surface area is 322 Å². The molecule has 0 spiro atoms. The molecule has 55 heavy (non-hydrogen) atoms. The maximum atomic E-state index is 12.9. The number of hydrogen-bond donors (Lipinski definition) is 7. The topological polar surface area (TPSA) is 222 Å². The molecule has 310 valence electrons. The number of rotatable bonds is 7. The van der Waals surface area contributed by atoms with Crippen LogP contribution < -0.4 is 0 Å². The fourth-order valence-electron chi connectivity index (χ4n) is 13.1. The van der Waals surface area contributed by atoms with Gasteiger partial charge in [0.05, 0.1) is 31.8 Å². The number of methoxy groups -OCH3 is 1. The summed E-state index contributed by atoms with van der Waals surface area (Å²) in [5.74, 6) is -1.42. The molecule has 0 radical (unpaired) electrons. The van der Waals surface area contributed by atoms with E-state index in [9.17, 15) is 45.3 Å². The largest absolute Gasteiger partial charge is 0.481 e. The van der Waals surface area contributed by atoms with Crippen LogP contribution in [0.25, 0.3) is 0 Å². The van der Waals surface area contributed by atoms with Crippen molar-refractivity contribution in [1.82, 2.24) is 0 Å². The third-order valence-corrected chi connectivity index (χ3v) is 16.6. The number of aliphatic hydroxyl groups is 6. The molecular weight excluding hydrogens is 716 g/mol. The lowest BCUT2D eigenvalue weighted by Gasteiger charge is -2.71. The van der Waals surface area contributed by atoms with Crippen LogP contribution in [0.2, 0.25) is 0 Å². The monoisotopic (exact) mass is 778 g/mol. The van der Waals surface area contributed by atoms with E-state index in [1.165, 1.54) is 5.57 Å². The molecule has 2 saturated heterocycles. The van der Waals surface area contributed by atoms with Crippen LogP contribution >= 0.6 is 0 Å². The zero-order chi connectivity index (χ0) is 40.0. The van der Waals surface area contributed by atoms with E-state index in [4.69, 9.17) is 18.9 Å². The van der Waals surface area contributed by atoms with E-state index in [0.29, 0.717) is 19.3 Å². The van der Waals surface area contributed by atoms with Gasteiger partial charge >= 0.3 is 11.9 Å². The zero-order valence-corrected chi connectivity index (χ0v) is 32.8. The van der Waals surface area contributed by atoms with Crippen molar-refractivity contribution in [1.29, 1.82) is 0 Å². The molecule has 7 N–H and O–H groups in total. The van der Waals surface area contributed by atoms with Crippen molar-refractivity contribution in [3.8, 4) is 0 Å². The van der Waals surface area contributed by atoms with E-state index in [2.05, 4.69) is 38.2 Å². The van der Waals surface area contributed by atoms with E-state index in [-0.39, 0.29) is 47.2 Å². The summed E-state index contributed by atoms with van der Waals surface area (Å²) in [4.78, 5) is 25.1. The minimum absolute atomic E-state index is 0.0452. The number of aliphatic carboxylic acids is 1. The maximum absolute atomic E-state index is 12.9. The molecule has 2 aliphatic heterocycles. The molecule has 0 amide bonds. The van der Waals surface area contributed by atoms with Gasteiger partial charge in [0.1, 0.15) is 36.6 Å². The number of esters is 1. The molecule has 7 aliphatic rings. The molecule has 0 unspecified atom stereocenters. The lowest BCUT2D eigenvalue weighted by Crippen LogP contribution is -2.67. The summed E-state index contributed by atoms with van der Waals surface area (Å²) in [5.41, 5.74) is 0.508. The highest BCUT2D eigenvalue weighted by molar-refractivity contribution is 5.77. The lowest BCUT2D eigenvalue weighted by molar-refractivity contribution is -0.354. The summed E-state index contributed by atoms with van der Waals surface area (Å²) in [6.07, 6.45) is -5.27. The molecule has 14 nitrogen and oxygen atoms in total. The van der Waals surface area contributed by atoms with Crippen molar-refractivity contribution >= 4 is 11.9 Å². The number of carboxylic acid groups (broad SMARTS) is 1. The molecule has 2 heterocycles. The average molecular weight is 779 g/mol. The quantitative estimate of drug-likeness (QED) is 0.112. The highest BCUT2D eigenvalue weighted by Crippen LogP contribution is 2.75.